The fraction of sp³-hybridized carbons (Fsp3) is 0.182. The summed E-state index contributed by atoms with van der Waals surface area (Å²) < 4.78 is 16.1. The molecular formula is C22H22N2O4. The third kappa shape index (κ3) is 4.23. The van der Waals surface area contributed by atoms with Crippen molar-refractivity contribution in [2.24, 2.45) is 5.10 Å². The Kier molecular flexibility index (Phi) is 6.11. The van der Waals surface area contributed by atoms with Crippen molar-refractivity contribution in [3.63, 3.8) is 0 Å². The molecule has 0 radical (unpaired) electrons. The normalized spacial score (nSPS) is 10.8. The fourth-order valence-electron chi connectivity index (χ4n) is 2.85. The van der Waals surface area contributed by atoms with Gasteiger partial charge in [0.2, 0.25) is 0 Å². The Morgan fingerprint density at radius 1 is 1.00 bits per heavy atom. The molecule has 0 heterocycles. The van der Waals surface area contributed by atoms with Gasteiger partial charge in [0.05, 0.1) is 27.0 Å². The number of hydrogen-bond acceptors (Lipinski definition) is 5. The van der Waals surface area contributed by atoms with Crippen molar-refractivity contribution in [3.05, 3.63) is 65.7 Å². The van der Waals surface area contributed by atoms with Gasteiger partial charge in [-0.25, -0.2) is 5.43 Å². The second-order valence-electron chi connectivity index (χ2n) is 5.93. The third-order valence-electron chi connectivity index (χ3n) is 4.20. The van der Waals surface area contributed by atoms with E-state index in [4.69, 9.17) is 14.2 Å². The first-order valence-electron chi connectivity index (χ1n) is 8.87. The van der Waals surface area contributed by atoms with E-state index in [1.165, 1.54) is 14.2 Å². The van der Waals surface area contributed by atoms with Gasteiger partial charge < -0.3 is 14.2 Å². The molecule has 0 aliphatic heterocycles. The number of ether oxygens (including phenoxy) is 3. The molecule has 0 bridgehead atoms. The zero-order chi connectivity index (χ0) is 19.9. The molecule has 0 aromatic heterocycles. The van der Waals surface area contributed by atoms with Gasteiger partial charge in [0.25, 0.3) is 5.91 Å². The molecule has 6 heteroatoms. The summed E-state index contributed by atoms with van der Waals surface area (Å²) in [5.74, 6) is 1.53. The number of benzene rings is 3. The number of nitrogens with one attached hydrogen (secondary N) is 1. The van der Waals surface area contributed by atoms with E-state index in [2.05, 4.69) is 10.5 Å². The average Bonchev–Trinajstić information content (AvgIpc) is 2.74. The van der Waals surface area contributed by atoms with Gasteiger partial charge in [-0.1, -0.05) is 24.3 Å². The summed E-state index contributed by atoms with van der Waals surface area (Å²) in [5.41, 5.74) is 3.81. The maximum absolute atomic E-state index is 12.4. The number of nitrogens with zero attached hydrogens (tertiary/aromatic N) is 1. The molecule has 0 spiro atoms. The fourth-order valence-corrected chi connectivity index (χ4v) is 2.85. The Labute approximate surface area is 163 Å². The second kappa shape index (κ2) is 8.90. The van der Waals surface area contributed by atoms with Crippen LogP contribution in [-0.2, 0) is 0 Å². The molecule has 0 aliphatic carbocycles. The van der Waals surface area contributed by atoms with E-state index in [-0.39, 0.29) is 5.91 Å². The summed E-state index contributed by atoms with van der Waals surface area (Å²) in [5, 5.41) is 6.10. The minimum atomic E-state index is -0.358. The predicted molar refractivity (Wildman–Crippen MR) is 110 cm³/mol. The van der Waals surface area contributed by atoms with Gasteiger partial charge in [0.15, 0.2) is 0 Å². The Morgan fingerprint density at radius 2 is 1.68 bits per heavy atom. The van der Waals surface area contributed by atoms with Gasteiger partial charge in [-0.15, -0.1) is 0 Å². The van der Waals surface area contributed by atoms with Crippen molar-refractivity contribution in [1.82, 2.24) is 5.43 Å². The van der Waals surface area contributed by atoms with Gasteiger partial charge in [-0.3, -0.25) is 4.79 Å². The second-order valence-corrected chi connectivity index (χ2v) is 5.93. The third-order valence-corrected chi connectivity index (χ3v) is 4.20. The predicted octanol–water partition coefficient (Wildman–Crippen LogP) is 4.02. The van der Waals surface area contributed by atoms with Gasteiger partial charge in [0, 0.05) is 22.6 Å². The van der Waals surface area contributed by atoms with E-state index in [0.717, 1.165) is 22.1 Å². The topological polar surface area (TPSA) is 69.2 Å². The van der Waals surface area contributed by atoms with Crippen LogP contribution in [0.2, 0.25) is 0 Å². The molecule has 144 valence electrons. The van der Waals surface area contributed by atoms with Crippen LogP contribution in [0, 0.1) is 0 Å². The molecule has 3 rings (SSSR count). The van der Waals surface area contributed by atoms with Crippen LogP contribution in [0.25, 0.3) is 10.8 Å². The highest BCUT2D eigenvalue weighted by atomic mass is 16.5. The first kappa shape index (κ1) is 19.2. The molecular weight excluding hydrogens is 356 g/mol. The van der Waals surface area contributed by atoms with E-state index in [1.807, 2.05) is 43.3 Å². The number of amides is 1. The monoisotopic (exact) mass is 378 g/mol. The van der Waals surface area contributed by atoms with E-state index in [1.54, 1.807) is 24.4 Å². The maximum Gasteiger partial charge on any atom is 0.271 e. The summed E-state index contributed by atoms with van der Waals surface area (Å²) in [6, 6.07) is 16.7. The minimum Gasteiger partial charge on any atom is -0.497 e. The number of fused-ring (bicyclic) bond motifs is 1. The number of methoxy groups -OCH3 is 2. The molecule has 0 saturated carbocycles. The van der Waals surface area contributed by atoms with Gasteiger partial charge >= 0.3 is 0 Å². The highest BCUT2D eigenvalue weighted by Gasteiger charge is 2.09. The van der Waals surface area contributed by atoms with Crippen molar-refractivity contribution in [3.8, 4) is 17.2 Å². The molecule has 3 aromatic rings. The van der Waals surface area contributed by atoms with Crippen LogP contribution in [0.1, 0.15) is 22.8 Å². The zero-order valence-electron chi connectivity index (χ0n) is 16.1. The lowest BCUT2D eigenvalue weighted by molar-refractivity contribution is 0.0954. The molecule has 1 N–H and O–H groups in total. The van der Waals surface area contributed by atoms with Crippen LogP contribution < -0.4 is 19.6 Å². The number of carbonyl (C=O) groups is 1. The summed E-state index contributed by atoms with van der Waals surface area (Å²) in [6.07, 6.45) is 1.62. The Bertz CT molecular complexity index is 992. The molecule has 3 aromatic carbocycles. The molecule has 0 aliphatic rings. The molecule has 1 amide bonds. The van der Waals surface area contributed by atoms with E-state index in [9.17, 15) is 4.79 Å². The number of rotatable bonds is 7. The summed E-state index contributed by atoms with van der Waals surface area (Å²) in [6.45, 7) is 2.55. The van der Waals surface area contributed by atoms with E-state index < -0.39 is 0 Å². The maximum atomic E-state index is 12.4. The van der Waals surface area contributed by atoms with Crippen LogP contribution in [0.5, 0.6) is 17.2 Å². The summed E-state index contributed by atoms with van der Waals surface area (Å²) >= 11 is 0. The molecule has 0 fully saturated rings. The van der Waals surface area contributed by atoms with Gasteiger partial charge in [-0.05, 0) is 36.6 Å². The summed E-state index contributed by atoms with van der Waals surface area (Å²) in [4.78, 5) is 12.4. The quantitative estimate of drug-likeness (QED) is 0.498. The Hall–Kier alpha value is -3.54. The van der Waals surface area contributed by atoms with Crippen molar-refractivity contribution < 1.29 is 19.0 Å². The van der Waals surface area contributed by atoms with E-state index >= 15 is 0 Å². The lowest BCUT2D eigenvalue weighted by atomic mass is 10.0. The first-order valence-corrected chi connectivity index (χ1v) is 8.87. The van der Waals surface area contributed by atoms with Crippen LogP contribution >= 0.6 is 0 Å². The van der Waals surface area contributed by atoms with Crippen molar-refractivity contribution in [2.75, 3.05) is 20.8 Å². The van der Waals surface area contributed by atoms with Gasteiger partial charge in [0.1, 0.15) is 17.2 Å². The number of hydrazone groups is 1. The highest BCUT2D eigenvalue weighted by Crippen LogP contribution is 2.28. The van der Waals surface area contributed by atoms with Crippen molar-refractivity contribution in [2.45, 2.75) is 6.92 Å². The first-order chi connectivity index (χ1) is 13.7. The molecule has 6 nitrogen and oxygen atoms in total. The average molecular weight is 378 g/mol. The largest absolute Gasteiger partial charge is 0.497 e. The standard InChI is InChI=1S/C22H22N2O4/c1-4-28-21-10-9-15(19-7-5-6-8-20(19)21)14-23-24-22(25)16-11-17(26-2)13-18(12-16)27-3/h5-14H,4H2,1-3H3,(H,24,25)/b23-14-. The van der Waals surface area contributed by atoms with Crippen LogP contribution in [0.15, 0.2) is 59.7 Å². The number of carbonyl (C=O) groups excluding carboxylic acids is 1. The SMILES string of the molecule is CCOc1ccc(/C=N\NC(=O)c2cc(OC)cc(OC)c2)c2ccccc12. The zero-order valence-corrected chi connectivity index (χ0v) is 16.1. The van der Waals surface area contributed by atoms with Crippen molar-refractivity contribution >= 4 is 22.9 Å². The van der Waals surface area contributed by atoms with Crippen molar-refractivity contribution in [1.29, 1.82) is 0 Å². The molecule has 0 saturated heterocycles. The minimum absolute atomic E-state index is 0.358. The van der Waals surface area contributed by atoms with Crippen LogP contribution in [0.4, 0.5) is 0 Å². The van der Waals surface area contributed by atoms with Crippen LogP contribution in [0.3, 0.4) is 0 Å². The van der Waals surface area contributed by atoms with E-state index in [0.29, 0.717) is 23.7 Å². The highest BCUT2D eigenvalue weighted by molar-refractivity contribution is 6.03. The van der Waals surface area contributed by atoms with Gasteiger partial charge in [-0.2, -0.15) is 5.10 Å². The smallest absolute Gasteiger partial charge is 0.271 e. The Balaban J connectivity index is 1.82. The molecule has 0 unspecified atom stereocenters. The Morgan fingerprint density at radius 3 is 2.32 bits per heavy atom. The lowest BCUT2D eigenvalue weighted by Gasteiger charge is -2.09. The van der Waals surface area contributed by atoms with Crippen LogP contribution in [-0.4, -0.2) is 32.9 Å². The molecule has 0 atom stereocenters. The summed E-state index contributed by atoms with van der Waals surface area (Å²) in [7, 11) is 3.07. The molecule has 28 heavy (non-hydrogen) atoms. The lowest BCUT2D eigenvalue weighted by Crippen LogP contribution is -2.17. The number of hydrogen-bond donors (Lipinski definition) is 1.